The minimum atomic E-state index is 0.141. The average Bonchev–Trinajstić information content (AvgIpc) is 2.44. The third-order valence-electron chi connectivity index (χ3n) is 2.83. The molecule has 1 N–H and O–H groups in total. The molecular weight excluding hydrogens is 200 g/mol. The van der Waals surface area contributed by atoms with E-state index in [1.54, 1.807) is 0 Å². The highest BCUT2D eigenvalue weighted by molar-refractivity contribution is 6.30. The molecule has 0 saturated carbocycles. The van der Waals surface area contributed by atoms with Gasteiger partial charge in [0.25, 0.3) is 0 Å². The number of imidazole rings is 1. The van der Waals surface area contributed by atoms with Crippen LogP contribution in [0.3, 0.4) is 0 Å². The van der Waals surface area contributed by atoms with Gasteiger partial charge in [0, 0.05) is 13.0 Å². The Kier molecular flexibility index (Phi) is 2.79. The van der Waals surface area contributed by atoms with E-state index in [9.17, 15) is 0 Å². The second-order valence-electron chi connectivity index (χ2n) is 3.99. The minimum absolute atomic E-state index is 0.141. The Bertz CT molecular complexity index is 335. The predicted octanol–water partition coefficient (Wildman–Crippen LogP) is 1.65. The smallest absolute Gasteiger partial charge is 0.150 e. The van der Waals surface area contributed by atoms with Gasteiger partial charge in [-0.3, -0.25) is 0 Å². The number of fused-ring (bicyclic) bond motifs is 1. The lowest BCUT2D eigenvalue weighted by Gasteiger charge is -2.21. The summed E-state index contributed by atoms with van der Waals surface area (Å²) in [4.78, 5) is 4.28. The van der Waals surface area contributed by atoms with Crippen molar-refractivity contribution in [2.75, 3.05) is 6.61 Å². The molecule has 2 heterocycles. The highest BCUT2D eigenvalue weighted by Gasteiger charge is 2.21. The van der Waals surface area contributed by atoms with E-state index in [0.717, 1.165) is 24.5 Å². The predicted molar refractivity (Wildman–Crippen MR) is 55.5 cm³/mol. The Morgan fingerprint density at radius 3 is 3.14 bits per heavy atom. The van der Waals surface area contributed by atoms with Crippen molar-refractivity contribution in [3.05, 3.63) is 16.7 Å². The summed E-state index contributed by atoms with van der Waals surface area (Å²) in [6.45, 7) is 3.37. The van der Waals surface area contributed by atoms with Crippen molar-refractivity contribution in [2.45, 2.75) is 32.7 Å². The van der Waals surface area contributed by atoms with E-state index in [0.29, 0.717) is 17.5 Å². The lowest BCUT2D eigenvalue weighted by atomic mass is 9.98. The van der Waals surface area contributed by atoms with E-state index in [4.69, 9.17) is 16.7 Å². The number of aliphatic hydroxyl groups is 1. The molecule has 2 rings (SSSR count). The minimum Gasteiger partial charge on any atom is -0.396 e. The Morgan fingerprint density at radius 2 is 2.43 bits per heavy atom. The summed E-state index contributed by atoms with van der Waals surface area (Å²) in [5, 5.41) is 9.51. The monoisotopic (exact) mass is 214 g/mol. The normalized spacial score (nSPS) is 20.9. The quantitative estimate of drug-likeness (QED) is 0.813. The maximum atomic E-state index is 8.89. The molecule has 0 radical (unpaired) electrons. The van der Waals surface area contributed by atoms with E-state index in [1.807, 2.05) is 0 Å². The van der Waals surface area contributed by atoms with Crippen molar-refractivity contribution in [2.24, 2.45) is 5.92 Å². The van der Waals surface area contributed by atoms with Crippen molar-refractivity contribution in [1.82, 2.24) is 9.55 Å². The highest BCUT2D eigenvalue weighted by atomic mass is 35.5. The van der Waals surface area contributed by atoms with Crippen LogP contribution in [0.5, 0.6) is 0 Å². The van der Waals surface area contributed by atoms with Gasteiger partial charge in [0.05, 0.1) is 12.3 Å². The van der Waals surface area contributed by atoms with Gasteiger partial charge < -0.3 is 9.67 Å². The molecule has 0 amide bonds. The number of rotatable bonds is 2. The molecule has 1 aromatic rings. The van der Waals surface area contributed by atoms with Crippen LogP contribution in [0, 0.1) is 5.92 Å². The second-order valence-corrected chi connectivity index (χ2v) is 4.35. The standard InChI is InChI=1S/C10H15ClN2O/c1-7-2-4-13-8(6-7)10(11)12-9(13)3-5-14/h7,14H,2-6H2,1H3. The van der Waals surface area contributed by atoms with Crippen LogP contribution in [0.4, 0.5) is 0 Å². The van der Waals surface area contributed by atoms with Crippen molar-refractivity contribution in [3.8, 4) is 0 Å². The Labute approximate surface area is 88.7 Å². The molecular formula is C10H15ClN2O. The van der Waals surface area contributed by atoms with Crippen molar-refractivity contribution >= 4 is 11.6 Å². The van der Waals surface area contributed by atoms with Crippen LogP contribution >= 0.6 is 11.6 Å². The molecule has 0 aliphatic carbocycles. The number of nitrogens with zero attached hydrogens (tertiary/aromatic N) is 2. The first-order valence-corrected chi connectivity index (χ1v) is 5.44. The number of aromatic nitrogens is 2. The van der Waals surface area contributed by atoms with Crippen molar-refractivity contribution < 1.29 is 5.11 Å². The summed E-state index contributed by atoms with van der Waals surface area (Å²) >= 11 is 6.05. The van der Waals surface area contributed by atoms with Crippen LogP contribution in [0.25, 0.3) is 0 Å². The van der Waals surface area contributed by atoms with Gasteiger partial charge in [0.15, 0.2) is 5.15 Å². The first-order valence-electron chi connectivity index (χ1n) is 5.07. The molecule has 3 nitrogen and oxygen atoms in total. The number of halogens is 1. The molecule has 1 aliphatic heterocycles. The van der Waals surface area contributed by atoms with Gasteiger partial charge >= 0.3 is 0 Å². The van der Waals surface area contributed by atoms with Crippen molar-refractivity contribution in [1.29, 1.82) is 0 Å². The zero-order chi connectivity index (χ0) is 10.1. The summed E-state index contributed by atoms with van der Waals surface area (Å²) in [5.74, 6) is 1.62. The second kappa shape index (κ2) is 3.91. The van der Waals surface area contributed by atoms with Crippen LogP contribution in [-0.2, 0) is 19.4 Å². The van der Waals surface area contributed by atoms with Gasteiger partial charge in [-0.25, -0.2) is 4.98 Å². The van der Waals surface area contributed by atoms with E-state index < -0.39 is 0 Å². The van der Waals surface area contributed by atoms with Gasteiger partial charge in [0.1, 0.15) is 5.82 Å². The number of hydrogen-bond acceptors (Lipinski definition) is 2. The molecule has 78 valence electrons. The van der Waals surface area contributed by atoms with Gasteiger partial charge in [-0.05, 0) is 18.8 Å². The Hall–Kier alpha value is -0.540. The van der Waals surface area contributed by atoms with Crippen LogP contribution in [-0.4, -0.2) is 21.3 Å². The van der Waals surface area contributed by atoms with Crippen LogP contribution in [0.2, 0.25) is 5.15 Å². The van der Waals surface area contributed by atoms with Crippen LogP contribution < -0.4 is 0 Å². The van der Waals surface area contributed by atoms with Gasteiger partial charge in [-0.2, -0.15) is 0 Å². The third kappa shape index (κ3) is 1.66. The molecule has 1 unspecified atom stereocenters. The molecule has 14 heavy (non-hydrogen) atoms. The van der Waals surface area contributed by atoms with E-state index >= 15 is 0 Å². The zero-order valence-corrected chi connectivity index (χ0v) is 9.09. The van der Waals surface area contributed by atoms with Gasteiger partial charge in [-0.15, -0.1) is 0 Å². The fourth-order valence-corrected chi connectivity index (χ4v) is 2.31. The largest absolute Gasteiger partial charge is 0.396 e. The molecule has 0 fully saturated rings. The molecule has 0 aromatic carbocycles. The van der Waals surface area contributed by atoms with Crippen LogP contribution in [0.1, 0.15) is 24.9 Å². The molecule has 0 spiro atoms. The molecule has 1 atom stereocenters. The number of hydrogen-bond donors (Lipinski definition) is 1. The fraction of sp³-hybridized carbons (Fsp3) is 0.700. The molecule has 1 aromatic heterocycles. The molecule has 4 heteroatoms. The van der Waals surface area contributed by atoms with E-state index in [-0.39, 0.29) is 6.61 Å². The lowest BCUT2D eigenvalue weighted by molar-refractivity contribution is 0.292. The van der Waals surface area contributed by atoms with E-state index in [2.05, 4.69) is 16.5 Å². The zero-order valence-electron chi connectivity index (χ0n) is 8.33. The summed E-state index contributed by atoms with van der Waals surface area (Å²) in [7, 11) is 0. The highest BCUT2D eigenvalue weighted by Crippen LogP contribution is 2.27. The average molecular weight is 215 g/mol. The summed E-state index contributed by atoms with van der Waals surface area (Å²) < 4.78 is 2.17. The molecule has 0 saturated heterocycles. The third-order valence-corrected chi connectivity index (χ3v) is 3.13. The first kappa shape index (κ1) is 9.99. The first-order chi connectivity index (χ1) is 6.72. The lowest BCUT2D eigenvalue weighted by Crippen LogP contribution is -2.19. The van der Waals surface area contributed by atoms with Crippen molar-refractivity contribution in [3.63, 3.8) is 0 Å². The SMILES string of the molecule is CC1CCn2c(CCO)nc(Cl)c2C1. The maximum Gasteiger partial charge on any atom is 0.150 e. The number of aliphatic hydroxyl groups excluding tert-OH is 1. The Balaban J connectivity index is 2.33. The fourth-order valence-electron chi connectivity index (χ4n) is 2.04. The van der Waals surface area contributed by atoms with E-state index in [1.165, 1.54) is 6.42 Å². The van der Waals surface area contributed by atoms with Gasteiger partial charge in [-0.1, -0.05) is 18.5 Å². The van der Waals surface area contributed by atoms with Gasteiger partial charge in [0.2, 0.25) is 0 Å². The topological polar surface area (TPSA) is 38.0 Å². The summed E-state index contributed by atoms with van der Waals surface area (Å²) in [6.07, 6.45) is 2.80. The molecule has 0 bridgehead atoms. The summed E-state index contributed by atoms with van der Waals surface area (Å²) in [5.41, 5.74) is 1.15. The molecule has 1 aliphatic rings. The summed E-state index contributed by atoms with van der Waals surface area (Å²) in [6, 6.07) is 0. The van der Waals surface area contributed by atoms with Crippen LogP contribution in [0.15, 0.2) is 0 Å². The maximum absolute atomic E-state index is 8.89. The Morgan fingerprint density at radius 1 is 1.64 bits per heavy atom.